The molecular weight excluding hydrogens is 420 g/mol. The van der Waals surface area contributed by atoms with E-state index in [9.17, 15) is 5.26 Å². The van der Waals surface area contributed by atoms with E-state index in [4.69, 9.17) is 9.47 Å². The van der Waals surface area contributed by atoms with Crippen molar-refractivity contribution in [3.63, 3.8) is 0 Å². The van der Waals surface area contributed by atoms with Gasteiger partial charge in [-0.25, -0.2) is 0 Å². The molecule has 0 aliphatic carbocycles. The van der Waals surface area contributed by atoms with E-state index < -0.39 is 6.10 Å². The van der Waals surface area contributed by atoms with Crippen LogP contribution in [0.15, 0.2) is 90.1 Å². The van der Waals surface area contributed by atoms with Crippen molar-refractivity contribution in [2.45, 2.75) is 22.9 Å². The van der Waals surface area contributed by atoms with Crippen LogP contribution in [0.5, 0.6) is 11.5 Å². The van der Waals surface area contributed by atoms with E-state index in [0.717, 1.165) is 17.0 Å². The van der Waals surface area contributed by atoms with Crippen molar-refractivity contribution in [3.05, 3.63) is 96.3 Å². The number of fused-ring (bicyclic) bond motifs is 1. The first-order valence-corrected chi connectivity index (χ1v) is 11.2. The maximum absolute atomic E-state index is 9.80. The summed E-state index contributed by atoms with van der Waals surface area (Å²) in [6.07, 6.45) is 0.205. The van der Waals surface area contributed by atoms with E-state index in [1.807, 2.05) is 89.5 Å². The Morgan fingerprint density at radius 1 is 0.938 bits per heavy atom. The molecule has 0 N–H and O–H groups in total. The van der Waals surface area contributed by atoms with Gasteiger partial charge in [-0.15, -0.1) is 10.2 Å². The van der Waals surface area contributed by atoms with Crippen LogP contribution in [0.25, 0.3) is 5.69 Å². The lowest BCUT2D eigenvalue weighted by Gasteiger charge is -2.26. The molecule has 0 radical (unpaired) electrons. The van der Waals surface area contributed by atoms with Gasteiger partial charge >= 0.3 is 0 Å². The highest BCUT2D eigenvalue weighted by Gasteiger charge is 2.30. The number of hydrogen-bond donors (Lipinski definition) is 0. The smallest absolute Gasteiger partial charge is 0.197 e. The molecule has 1 aromatic heterocycles. The van der Waals surface area contributed by atoms with Crippen molar-refractivity contribution in [1.82, 2.24) is 14.8 Å². The van der Waals surface area contributed by atoms with Crippen molar-refractivity contribution in [2.24, 2.45) is 0 Å². The normalized spacial score (nSPS) is 15.7. The summed E-state index contributed by atoms with van der Waals surface area (Å²) in [5.41, 5.74) is 2.02. The third-order valence-electron chi connectivity index (χ3n) is 5.12. The maximum atomic E-state index is 9.80. The molecule has 2 heterocycles. The molecule has 0 saturated heterocycles. The van der Waals surface area contributed by atoms with E-state index in [0.29, 0.717) is 29.8 Å². The summed E-state index contributed by atoms with van der Waals surface area (Å²) in [4.78, 5) is 0. The number of hydrogen-bond acceptors (Lipinski definition) is 6. The predicted octanol–water partition coefficient (Wildman–Crippen LogP) is 5.01. The maximum Gasteiger partial charge on any atom is 0.197 e. The van der Waals surface area contributed by atoms with Gasteiger partial charge in [0.1, 0.15) is 11.9 Å². The Balaban J connectivity index is 1.47. The van der Waals surface area contributed by atoms with Gasteiger partial charge in [-0.05, 0) is 36.2 Å². The molecular formula is C25H20N4O2S. The molecule has 32 heavy (non-hydrogen) atoms. The van der Waals surface area contributed by atoms with Gasteiger partial charge in [0.05, 0.1) is 6.07 Å². The number of nitrogens with zero attached hydrogens (tertiary/aromatic N) is 4. The summed E-state index contributed by atoms with van der Waals surface area (Å²) in [7, 11) is 0. The second-order valence-electron chi connectivity index (χ2n) is 7.30. The van der Waals surface area contributed by atoms with Crippen LogP contribution in [-0.2, 0) is 6.42 Å². The SMILES string of the molecule is N#C[C@H](Cc1ccccc1)Sc1nnc([C@@H]2COc3ccccc3O2)n1-c1ccccc1. The van der Waals surface area contributed by atoms with Crippen LogP contribution in [0.1, 0.15) is 17.5 Å². The van der Waals surface area contributed by atoms with Crippen LogP contribution in [0.2, 0.25) is 0 Å². The van der Waals surface area contributed by atoms with Crippen LogP contribution in [0, 0.1) is 11.3 Å². The van der Waals surface area contributed by atoms with Crippen molar-refractivity contribution in [1.29, 1.82) is 5.26 Å². The minimum Gasteiger partial charge on any atom is -0.485 e. The Morgan fingerprint density at radius 2 is 1.62 bits per heavy atom. The fourth-order valence-corrected chi connectivity index (χ4v) is 4.58. The fraction of sp³-hybridized carbons (Fsp3) is 0.160. The fourth-order valence-electron chi connectivity index (χ4n) is 3.60. The molecule has 0 spiro atoms. The molecule has 0 amide bonds. The first kappa shape index (κ1) is 20.2. The molecule has 1 aliphatic rings. The zero-order chi connectivity index (χ0) is 21.8. The molecule has 0 bridgehead atoms. The summed E-state index contributed by atoms with van der Waals surface area (Å²) in [6, 6.07) is 29.9. The quantitative estimate of drug-likeness (QED) is 0.393. The lowest BCUT2D eigenvalue weighted by Crippen LogP contribution is -2.24. The Kier molecular flexibility index (Phi) is 5.77. The first-order valence-electron chi connectivity index (χ1n) is 10.3. The second kappa shape index (κ2) is 9.16. The van der Waals surface area contributed by atoms with Gasteiger partial charge in [0.15, 0.2) is 28.6 Å². The highest BCUT2D eigenvalue weighted by atomic mass is 32.2. The van der Waals surface area contributed by atoms with Gasteiger partial charge < -0.3 is 9.47 Å². The van der Waals surface area contributed by atoms with E-state index >= 15 is 0 Å². The second-order valence-corrected chi connectivity index (χ2v) is 8.47. The topological polar surface area (TPSA) is 73.0 Å². The lowest BCUT2D eigenvalue weighted by atomic mass is 10.1. The minimum atomic E-state index is -0.415. The number of benzene rings is 3. The molecule has 1 aliphatic heterocycles. The molecule has 7 heteroatoms. The first-order chi connectivity index (χ1) is 15.8. The van der Waals surface area contributed by atoms with Gasteiger partial charge in [-0.2, -0.15) is 5.26 Å². The van der Waals surface area contributed by atoms with Crippen molar-refractivity contribution < 1.29 is 9.47 Å². The van der Waals surface area contributed by atoms with Crippen LogP contribution >= 0.6 is 11.8 Å². The zero-order valence-electron chi connectivity index (χ0n) is 17.2. The largest absolute Gasteiger partial charge is 0.485 e. The van der Waals surface area contributed by atoms with Crippen LogP contribution in [-0.4, -0.2) is 26.6 Å². The molecule has 4 aromatic rings. The monoisotopic (exact) mass is 440 g/mol. The third-order valence-corrected chi connectivity index (χ3v) is 6.16. The molecule has 0 fully saturated rings. The number of aromatic nitrogens is 3. The molecule has 0 saturated carbocycles. The molecule has 2 atom stereocenters. The van der Waals surface area contributed by atoms with Gasteiger partial charge in [-0.3, -0.25) is 4.57 Å². The van der Waals surface area contributed by atoms with Gasteiger partial charge in [0.25, 0.3) is 0 Å². The third kappa shape index (κ3) is 4.18. The Hall–Kier alpha value is -3.76. The number of ether oxygens (including phenoxy) is 2. The molecule has 158 valence electrons. The van der Waals surface area contributed by atoms with Gasteiger partial charge in [0, 0.05) is 5.69 Å². The molecule has 5 rings (SSSR count). The highest BCUT2D eigenvalue weighted by Crippen LogP contribution is 2.37. The number of para-hydroxylation sites is 3. The standard InChI is InChI=1S/C25H20N4O2S/c26-16-20(15-18-9-3-1-4-10-18)32-25-28-27-24(29(25)19-11-5-2-6-12-19)23-17-30-21-13-7-8-14-22(21)31-23/h1-14,20,23H,15,17H2/t20-,23-/m0/s1. The summed E-state index contributed by atoms with van der Waals surface area (Å²) in [5.74, 6) is 2.04. The minimum absolute atomic E-state index is 0.304. The Morgan fingerprint density at radius 3 is 2.38 bits per heavy atom. The summed E-state index contributed by atoms with van der Waals surface area (Å²) in [6.45, 7) is 0.332. The van der Waals surface area contributed by atoms with E-state index in [-0.39, 0.29) is 5.25 Å². The van der Waals surface area contributed by atoms with E-state index in [1.165, 1.54) is 11.8 Å². The van der Waals surface area contributed by atoms with Crippen molar-refractivity contribution >= 4 is 11.8 Å². The molecule has 3 aromatic carbocycles. The Bertz CT molecular complexity index is 1240. The van der Waals surface area contributed by atoms with Crippen molar-refractivity contribution in [3.8, 4) is 23.3 Å². The highest BCUT2D eigenvalue weighted by molar-refractivity contribution is 8.00. The van der Waals surface area contributed by atoms with Gasteiger partial charge in [0.2, 0.25) is 0 Å². The summed E-state index contributed by atoms with van der Waals surface area (Å²) >= 11 is 1.41. The predicted molar refractivity (Wildman–Crippen MR) is 122 cm³/mol. The molecule has 0 unspecified atom stereocenters. The number of rotatable bonds is 6. The number of thioether (sulfide) groups is 1. The van der Waals surface area contributed by atoms with Crippen LogP contribution in [0.4, 0.5) is 0 Å². The summed E-state index contributed by atoms with van der Waals surface area (Å²) < 4.78 is 14.1. The Labute approximate surface area is 190 Å². The lowest BCUT2D eigenvalue weighted by molar-refractivity contribution is 0.0835. The average Bonchev–Trinajstić information content (AvgIpc) is 3.28. The number of nitriles is 1. The van der Waals surface area contributed by atoms with Crippen LogP contribution in [0.3, 0.4) is 0 Å². The zero-order valence-corrected chi connectivity index (χ0v) is 18.0. The average molecular weight is 441 g/mol. The molecule has 6 nitrogen and oxygen atoms in total. The van der Waals surface area contributed by atoms with E-state index in [1.54, 1.807) is 0 Å². The van der Waals surface area contributed by atoms with Gasteiger partial charge in [-0.1, -0.05) is 72.4 Å². The van der Waals surface area contributed by atoms with Crippen LogP contribution < -0.4 is 9.47 Å². The summed E-state index contributed by atoms with van der Waals surface area (Å²) in [5, 5.41) is 19.1. The van der Waals surface area contributed by atoms with Crippen molar-refractivity contribution in [2.75, 3.05) is 6.61 Å². The van der Waals surface area contributed by atoms with E-state index in [2.05, 4.69) is 16.3 Å².